The molecule has 1 aromatic rings. The molecule has 1 aromatic carbocycles. The molecular weight excluding hydrogens is 333 g/mol. The third-order valence-corrected chi connectivity index (χ3v) is 5.42. The molecule has 2 saturated heterocycles. The fraction of sp³-hybridized carbons (Fsp3) is 0.625. The average molecular weight is 356 g/mol. The summed E-state index contributed by atoms with van der Waals surface area (Å²) in [5.74, 6) is -0.158. The van der Waals surface area contributed by atoms with E-state index < -0.39 is 0 Å². The molecule has 2 aliphatic rings. The second kappa shape index (κ2) is 6.32. The highest BCUT2D eigenvalue weighted by molar-refractivity contribution is 9.10. The Labute approximate surface area is 134 Å². The van der Waals surface area contributed by atoms with Crippen LogP contribution in [0.25, 0.3) is 0 Å². The molecule has 116 valence electrons. The van der Waals surface area contributed by atoms with Crippen LogP contribution in [0.3, 0.4) is 0 Å². The molecule has 3 rings (SSSR count). The summed E-state index contributed by atoms with van der Waals surface area (Å²) >= 11 is 3.44. The van der Waals surface area contributed by atoms with E-state index in [2.05, 4.69) is 32.7 Å². The Balaban J connectivity index is 1.86. The summed E-state index contributed by atoms with van der Waals surface area (Å²) in [6, 6.07) is 6.13. The van der Waals surface area contributed by atoms with E-state index in [1.807, 2.05) is 6.07 Å². The molecular formula is C16H23BrFN3. The Kier molecular flexibility index (Phi) is 4.64. The van der Waals surface area contributed by atoms with Gasteiger partial charge < -0.3 is 5.73 Å². The summed E-state index contributed by atoms with van der Waals surface area (Å²) in [5, 5.41) is 0. The van der Waals surface area contributed by atoms with E-state index in [0.717, 1.165) is 17.6 Å². The van der Waals surface area contributed by atoms with Crippen molar-refractivity contribution in [2.24, 2.45) is 5.73 Å². The van der Waals surface area contributed by atoms with Gasteiger partial charge in [-0.05, 0) is 44.5 Å². The van der Waals surface area contributed by atoms with Crippen molar-refractivity contribution >= 4 is 15.9 Å². The Hall–Kier alpha value is -0.490. The fourth-order valence-electron chi connectivity index (χ4n) is 3.86. The maximum atomic E-state index is 14.2. The van der Waals surface area contributed by atoms with Crippen LogP contribution >= 0.6 is 15.9 Å². The number of piperazine rings is 1. The smallest absolute Gasteiger partial charge is 0.128 e. The molecule has 2 heterocycles. The van der Waals surface area contributed by atoms with Gasteiger partial charge in [0.25, 0.3) is 0 Å². The van der Waals surface area contributed by atoms with Gasteiger partial charge in [-0.15, -0.1) is 0 Å². The predicted octanol–water partition coefficient (Wildman–Crippen LogP) is 2.76. The molecule has 2 fully saturated rings. The Morgan fingerprint density at radius 3 is 3.00 bits per heavy atom. The van der Waals surface area contributed by atoms with Gasteiger partial charge in [-0.25, -0.2) is 4.39 Å². The van der Waals surface area contributed by atoms with Crippen LogP contribution in [0.5, 0.6) is 0 Å². The Bertz CT molecular complexity index is 510. The van der Waals surface area contributed by atoms with E-state index in [4.69, 9.17) is 5.73 Å². The number of benzene rings is 1. The van der Waals surface area contributed by atoms with Gasteiger partial charge >= 0.3 is 0 Å². The standard InChI is InChI=1S/C16H23BrFN3/c1-11-9-20-6-2-3-13(20)10-21(11)16(8-19)14-7-12(17)4-5-15(14)18/h4-5,7,11,13,16H,2-3,6,8-10,19H2,1H3. The molecule has 0 saturated carbocycles. The summed E-state index contributed by atoms with van der Waals surface area (Å²) in [5.41, 5.74) is 6.73. The molecule has 2 N–H and O–H groups in total. The first-order valence-corrected chi connectivity index (χ1v) is 8.54. The lowest BCUT2D eigenvalue weighted by Gasteiger charge is -2.46. The first-order valence-electron chi connectivity index (χ1n) is 7.75. The number of nitrogens with two attached hydrogens (primary N) is 1. The highest BCUT2D eigenvalue weighted by atomic mass is 79.9. The van der Waals surface area contributed by atoms with Crippen molar-refractivity contribution in [3.05, 3.63) is 34.1 Å². The maximum Gasteiger partial charge on any atom is 0.128 e. The highest BCUT2D eigenvalue weighted by Gasteiger charge is 2.37. The van der Waals surface area contributed by atoms with Gasteiger partial charge in [0.05, 0.1) is 6.04 Å². The van der Waals surface area contributed by atoms with Crippen LogP contribution in [0, 0.1) is 5.82 Å². The number of nitrogens with zero attached hydrogens (tertiary/aromatic N) is 2. The number of halogens is 2. The zero-order chi connectivity index (χ0) is 15.0. The quantitative estimate of drug-likeness (QED) is 0.904. The number of hydrogen-bond donors (Lipinski definition) is 1. The first-order chi connectivity index (χ1) is 10.1. The van der Waals surface area contributed by atoms with Crippen molar-refractivity contribution in [3.8, 4) is 0 Å². The summed E-state index contributed by atoms with van der Waals surface area (Å²) in [6.07, 6.45) is 2.53. The van der Waals surface area contributed by atoms with Crippen molar-refractivity contribution in [2.75, 3.05) is 26.2 Å². The SMILES string of the molecule is CC1CN2CCCC2CN1C(CN)c1cc(Br)ccc1F. The molecule has 0 aromatic heterocycles. The van der Waals surface area contributed by atoms with Gasteiger partial charge in [0, 0.05) is 41.8 Å². The van der Waals surface area contributed by atoms with Crippen molar-refractivity contribution < 1.29 is 4.39 Å². The molecule has 5 heteroatoms. The van der Waals surface area contributed by atoms with Gasteiger partial charge in [0.1, 0.15) is 5.82 Å². The third kappa shape index (κ3) is 3.02. The van der Waals surface area contributed by atoms with Gasteiger partial charge in [-0.2, -0.15) is 0 Å². The van der Waals surface area contributed by atoms with E-state index in [1.54, 1.807) is 6.07 Å². The van der Waals surface area contributed by atoms with Crippen LogP contribution in [0.4, 0.5) is 4.39 Å². The summed E-state index contributed by atoms with van der Waals surface area (Å²) < 4.78 is 15.2. The fourth-order valence-corrected chi connectivity index (χ4v) is 4.23. The predicted molar refractivity (Wildman–Crippen MR) is 86.7 cm³/mol. The van der Waals surface area contributed by atoms with Crippen molar-refractivity contribution in [1.82, 2.24) is 9.80 Å². The lowest BCUT2D eigenvalue weighted by atomic mass is 9.99. The molecule has 0 radical (unpaired) electrons. The molecule has 0 amide bonds. The van der Waals surface area contributed by atoms with Gasteiger partial charge in [0.2, 0.25) is 0 Å². The topological polar surface area (TPSA) is 32.5 Å². The van der Waals surface area contributed by atoms with E-state index in [-0.39, 0.29) is 11.9 Å². The lowest BCUT2D eigenvalue weighted by molar-refractivity contribution is 0.0286. The zero-order valence-corrected chi connectivity index (χ0v) is 14.0. The first kappa shape index (κ1) is 15.4. The van der Waals surface area contributed by atoms with Crippen molar-refractivity contribution in [2.45, 2.75) is 37.9 Å². The number of fused-ring (bicyclic) bond motifs is 1. The van der Waals surface area contributed by atoms with Crippen LogP contribution in [-0.4, -0.2) is 48.1 Å². The number of rotatable bonds is 3. The molecule has 0 bridgehead atoms. The van der Waals surface area contributed by atoms with E-state index in [9.17, 15) is 4.39 Å². The molecule has 0 spiro atoms. The van der Waals surface area contributed by atoms with Gasteiger partial charge in [-0.1, -0.05) is 15.9 Å². The second-order valence-electron chi connectivity index (χ2n) is 6.25. The van der Waals surface area contributed by atoms with Gasteiger partial charge in [0.15, 0.2) is 0 Å². The minimum atomic E-state index is -0.158. The van der Waals surface area contributed by atoms with Crippen LogP contribution in [-0.2, 0) is 0 Å². The average Bonchev–Trinajstić information content (AvgIpc) is 2.90. The third-order valence-electron chi connectivity index (χ3n) is 4.93. The molecule has 3 nitrogen and oxygen atoms in total. The van der Waals surface area contributed by atoms with Crippen LogP contribution < -0.4 is 5.73 Å². The van der Waals surface area contributed by atoms with Crippen LogP contribution in [0.1, 0.15) is 31.4 Å². The molecule has 21 heavy (non-hydrogen) atoms. The highest BCUT2D eigenvalue weighted by Crippen LogP contribution is 2.32. The van der Waals surface area contributed by atoms with E-state index in [0.29, 0.717) is 24.2 Å². The maximum absolute atomic E-state index is 14.2. The molecule has 2 aliphatic heterocycles. The minimum Gasteiger partial charge on any atom is -0.329 e. The van der Waals surface area contributed by atoms with Crippen molar-refractivity contribution in [1.29, 1.82) is 0 Å². The Morgan fingerprint density at radius 1 is 1.43 bits per heavy atom. The second-order valence-corrected chi connectivity index (χ2v) is 7.17. The summed E-state index contributed by atoms with van der Waals surface area (Å²) in [4.78, 5) is 4.98. The molecule has 0 aliphatic carbocycles. The number of hydrogen-bond acceptors (Lipinski definition) is 3. The Morgan fingerprint density at radius 2 is 2.24 bits per heavy atom. The van der Waals surface area contributed by atoms with E-state index in [1.165, 1.54) is 25.5 Å². The molecule has 3 unspecified atom stereocenters. The van der Waals surface area contributed by atoms with Crippen LogP contribution in [0.2, 0.25) is 0 Å². The summed E-state index contributed by atoms with van der Waals surface area (Å²) in [7, 11) is 0. The lowest BCUT2D eigenvalue weighted by Crippen LogP contribution is -2.56. The normalized spacial score (nSPS) is 28.6. The monoisotopic (exact) mass is 355 g/mol. The summed E-state index contributed by atoms with van der Waals surface area (Å²) in [6.45, 7) is 5.95. The molecule has 3 atom stereocenters. The van der Waals surface area contributed by atoms with Crippen LogP contribution in [0.15, 0.2) is 22.7 Å². The minimum absolute atomic E-state index is 0.0414. The largest absolute Gasteiger partial charge is 0.329 e. The van der Waals surface area contributed by atoms with Crippen molar-refractivity contribution in [3.63, 3.8) is 0 Å². The van der Waals surface area contributed by atoms with Gasteiger partial charge in [-0.3, -0.25) is 9.80 Å². The van der Waals surface area contributed by atoms with E-state index >= 15 is 0 Å². The zero-order valence-electron chi connectivity index (χ0n) is 12.4.